The molecule has 0 bridgehead atoms. The van der Waals surface area contributed by atoms with Crippen LogP contribution in [0, 0.1) is 0 Å². The van der Waals surface area contributed by atoms with Gasteiger partial charge in [-0.2, -0.15) is 4.31 Å². The Hall–Kier alpha value is -3.50. The zero-order valence-electron chi connectivity index (χ0n) is 19.2. The molecule has 2 rings (SSSR count). The minimum atomic E-state index is -3.56. The second-order valence-corrected chi connectivity index (χ2v) is 9.13. The van der Waals surface area contributed by atoms with Crippen molar-refractivity contribution in [3.05, 3.63) is 66.2 Å². The number of sulfonamides is 1. The summed E-state index contributed by atoms with van der Waals surface area (Å²) in [5.74, 6) is -1.79. The first-order valence-corrected chi connectivity index (χ1v) is 12.2. The lowest BCUT2D eigenvalue weighted by Gasteiger charge is -2.22. The quantitative estimate of drug-likeness (QED) is 0.361. The van der Waals surface area contributed by atoms with E-state index in [1.165, 1.54) is 27.4 Å². The van der Waals surface area contributed by atoms with Crippen molar-refractivity contribution in [3.63, 3.8) is 0 Å². The molecule has 0 aliphatic carbocycles. The van der Waals surface area contributed by atoms with Crippen molar-refractivity contribution >= 4 is 39.6 Å². The molecule has 0 aliphatic rings. The number of nitrogens with zero attached hydrogens (tertiary/aromatic N) is 2. The number of rotatable bonds is 12. The molecule has 0 radical (unpaired) electrons. The van der Waals surface area contributed by atoms with Crippen LogP contribution in [0.25, 0.3) is 6.08 Å². The van der Waals surface area contributed by atoms with Gasteiger partial charge in [-0.05, 0) is 35.9 Å². The van der Waals surface area contributed by atoms with Gasteiger partial charge in [0.1, 0.15) is 0 Å². The lowest BCUT2D eigenvalue weighted by Crippen LogP contribution is -2.37. The van der Waals surface area contributed by atoms with Crippen molar-refractivity contribution in [3.8, 4) is 0 Å². The molecule has 182 valence electrons. The third kappa shape index (κ3) is 7.53. The Bertz CT molecular complexity index is 1110. The van der Waals surface area contributed by atoms with E-state index < -0.39 is 34.4 Å². The van der Waals surface area contributed by atoms with Gasteiger partial charge in [0, 0.05) is 37.8 Å². The van der Waals surface area contributed by atoms with Crippen molar-refractivity contribution in [2.24, 2.45) is 5.73 Å². The molecule has 2 aromatic carbocycles. The number of para-hydroxylation sites is 1. The normalized spacial score (nSPS) is 11.5. The number of primary amides is 1. The fourth-order valence-electron chi connectivity index (χ4n) is 3.11. The van der Waals surface area contributed by atoms with Gasteiger partial charge in [0.25, 0.3) is 5.91 Å². The summed E-state index contributed by atoms with van der Waals surface area (Å²) < 4.78 is 31.5. The number of carbonyl (C=O) groups excluding carboxylic acids is 3. The summed E-state index contributed by atoms with van der Waals surface area (Å²) in [6.45, 7) is 3.83. The van der Waals surface area contributed by atoms with E-state index in [-0.39, 0.29) is 17.9 Å². The monoisotopic (exact) mass is 487 g/mol. The number of benzene rings is 2. The highest BCUT2D eigenvalue weighted by molar-refractivity contribution is 7.89. The molecule has 0 unspecified atom stereocenters. The molecule has 0 saturated heterocycles. The van der Waals surface area contributed by atoms with Crippen molar-refractivity contribution < 1.29 is 27.5 Å². The van der Waals surface area contributed by atoms with Crippen molar-refractivity contribution in [1.82, 2.24) is 4.31 Å². The number of amides is 2. The Morgan fingerprint density at radius 2 is 1.59 bits per heavy atom. The van der Waals surface area contributed by atoms with Crippen LogP contribution in [0.3, 0.4) is 0 Å². The summed E-state index contributed by atoms with van der Waals surface area (Å²) in [6, 6.07) is 14.8. The molecule has 0 spiro atoms. The van der Waals surface area contributed by atoms with Gasteiger partial charge in [0.05, 0.1) is 4.90 Å². The first-order valence-electron chi connectivity index (χ1n) is 10.8. The SMILES string of the molecule is CCN(CC)S(=O)(=O)c1ccc(/C=C/C(=O)OCC(=O)N(CCC(N)=O)c2ccccc2)cc1. The third-order valence-corrected chi connectivity index (χ3v) is 6.99. The predicted octanol–water partition coefficient (Wildman–Crippen LogP) is 2.18. The zero-order chi connectivity index (χ0) is 25.1. The van der Waals surface area contributed by atoms with Gasteiger partial charge in [-0.3, -0.25) is 9.59 Å². The van der Waals surface area contributed by atoms with E-state index in [0.717, 1.165) is 6.08 Å². The molecule has 0 aliphatic heterocycles. The number of anilines is 1. The minimum Gasteiger partial charge on any atom is -0.452 e. The largest absolute Gasteiger partial charge is 0.452 e. The molecular weight excluding hydrogens is 458 g/mol. The number of ether oxygens (including phenoxy) is 1. The van der Waals surface area contributed by atoms with Gasteiger partial charge < -0.3 is 15.4 Å². The molecule has 10 heteroatoms. The van der Waals surface area contributed by atoms with E-state index >= 15 is 0 Å². The fourth-order valence-corrected chi connectivity index (χ4v) is 4.57. The van der Waals surface area contributed by atoms with Crippen molar-refractivity contribution in [2.75, 3.05) is 31.1 Å². The van der Waals surface area contributed by atoms with E-state index in [1.807, 2.05) is 0 Å². The molecule has 2 aromatic rings. The van der Waals surface area contributed by atoms with Crippen LogP contribution in [0.1, 0.15) is 25.8 Å². The first kappa shape index (κ1) is 26.7. The summed E-state index contributed by atoms with van der Waals surface area (Å²) in [5, 5.41) is 0. The zero-order valence-corrected chi connectivity index (χ0v) is 20.0. The Labute approximate surface area is 199 Å². The Morgan fingerprint density at radius 3 is 2.15 bits per heavy atom. The predicted molar refractivity (Wildman–Crippen MR) is 129 cm³/mol. The Kier molecular flexibility index (Phi) is 9.96. The van der Waals surface area contributed by atoms with E-state index in [0.29, 0.717) is 24.3 Å². The summed E-state index contributed by atoms with van der Waals surface area (Å²) in [7, 11) is -3.56. The van der Waals surface area contributed by atoms with Gasteiger partial charge in [-0.25, -0.2) is 13.2 Å². The average Bonchev–Trinajstić information content (AvgIpc) is 2.83. The summed E-state index contributed by atoms with van der Waals surface area (Å²) >= 11 is 0. The summed E-state index contributed by atoms with van der Waals surface area (Å²) in [6.07, 6.45) is 2.58. The molecule has 34 heavy (non-hydrogen) atoms. The fraction of sp³-hybridized carbons (Fsp3) is 0.292. The van der Waals surface area contributed by atoms with Crippen LogP contribution in [0.15, 0.2) is 65.6 Å². The second-order valence-electron chi connectivity index (χ2n) is 7.20. The first-order chi connectivity index (χ1) is 16.2. The smallest absolute Gasteiger partial charge is 0.331 e. The molecule has 0 heterocycles. The van der Waals surface area contributed by atoms with Gasteiger partial charge in [-0.1, -0.05) is 44.2 Å². The molecular formula is C24H29N3O6S. The van der Waals surface area contributed by atoms with E-state index in [2.05, 4.69) is 0 Å². The van der Waals surface area contributed by atoms with E-state index in [9.17, 15) is 22.8 Å². The van der Waals surface area contributed by atoms with Crippen LogP contribution >= 0.6 is 0 Å². The maximum atomic E-state index is 12.6. The summed E-state index contributed by atoms with van der Waals surface area (Å²) in [5.41, 5.74) is 6.34. The number of hydrogen-bond donors (Lipinski definition) is 1. The minimum absolute atomic E-state index is 0.0333. The number of carbonyl (C=O) groups is 3. The highest BCUT2D eigenvalue weighted by atomic mass is 32.2. The highest BCUT2D eigenvalue weighted by Crippen LogP contribution is 2.17. The Morgan fingerprint density at radius 1 is 0.971 bits per heavy atom. The average molecular weight is 488 g/mol. The van der Waals surface area contributed by atoms with Crippen molar-refractivity contribution in [2.45, 2.75) is 25.2 Å². The molecule has 2 N–H and O–H groups in total. The number of hydrogen-bond acceptors (Lipinski definition) is 6. The highest BCUT2D eigenvalue weighted by Gasteiger charge is 2.21. The topological polar surface area (TPSA) is 127 Å². The molecule has 0 fully saturated rings. The maximum Gasteiger partial charge on any atom is 0.331 e. The van der Waals surface area contributed by atoms with Crippen molar-refractivity contribution in [1.29, 1.82) is 0 Å². The van der Waals surface area contributed by atoms with E-state index in [4.69, 9.17) is 10.5 Å². The molecule has 9 nitrogen and oxygen atoms in total. The van der Waals surface area contributed by atoms with Crippen LogP contribution in [0.2, 0.25) is 0 Å². The maximum absolute atomic E-state index is 12.6. The van der Waals surface area contributed by atoms with Gasteiger partial charge in [0.2, 0.25) is 15.9 Å². The lowest BCUT2D eigenvalue weighted by molar-refractivity contribution is -0.143. The number of nitrogens with two attached hydrogens (primary N) is 1. The lowest BCUT2D eigenvalue weighted by atomic mass is 10.2. The van der Waals surface area contributed by atoms with Crippen LogP contribution in [0.4, 0.5) is 5.69 Å². The molecule has 0 atom stereocenters. The van der Waals surface area contributed by atoms with Crippen LogP contribution in [-0.4, -0.2) is 56.7 Å². The van der Waals surface area contributed by atoms with Gasteiger partial charge in [-0.15, -0.1) is 0 Å². The second kappa shape index (κ2) is 12.7. The summed E-state index contributed by atoms with van der Waals surface area (Å²) in [4.78, 5) is 37.3. The third-order valence-electron chi connectivity index (χ3n) is 4.92. The molecule has 0 saturated carbocycles. The van der Waals surface area contributed by atoms with E-state index in [1.54, 1.807) is 56.3 Å². The standard InChI is InChI=1S/C24H29N3O6S/c1-3-26(4-2)34(31,32)21-13-10-19(11-14-21)12-15-24(30)33-18-23(29)27(17-16-22(25)28)20-8-6-5-7-9-20/h5-15H,3-4,16-18H2,1-2H3,(H2,25,28)/b15-12+. The van der Waals surface area contributed by atoms with Crippen LogP contribution in [-0.2, 0) is 29.1 Å². The molecule has 0 aromatic heterocycles. The van der Waals surface area contributed by atoms with Gasteiger partial charge in [0.15, 0.2) is 6.61 Å². The van der Waals surface area contributed by atoms with Crippen LogP contribution in [0.5, 0.6) is 0 Å². The van der Waals surface area contributed by atoms with Crippen LogP contribution < -0.4 is 10.6 Å². The van der Waals surface area contributed by atoms with Gasteiger partial charge >= 0.3 is 5.97 Å². The Balaban J connectivity index is 1.98. The number of esters is 1. The molecule has 2 amide bonds.